The van der Waals surface area contributed by atoms with Crippen LogP contribution in [0.3, 0.4) is 0 Å². The molecule has 4 heteroatoms. The average molecular weight is 520 g/mol. The molecule has 0 N–H and O–H groups in total. The van der Waals surface area contributed by atoms with Crippen molar-refractivity contribution in [3.63, 3.8) is 0 Å². The van der Waals surface area contributed by atoms with E-state index in [0.29, 0.717) is 0 Å². The second-order valence-electron chi connectivity index (χ2n) is 7.90. The Bertz CT molecular complexity index is 1120. The SMILES string of the molecule is Brc1cc(CC2(Cc3ccnc(Br)c3)c3ccccc3Cc3ccccc32)ccn1. The summed E-state index contributed by atoms with van der Waals surface area (Å²) in [7, 11) is 0. The molecule has 0 bridgehead atoms. The first-order valence-corrected chi connectivity index (χ1v) is 11.6. The van der Waals surface area contributed by atoms with E-state index in [1.165, 1.54) is 33.4 Å². The van der Waals surface area contributed by atoms with Crippen molar-refractivity contribution < 1.29 is 0 Å². The smallest absolute Gasteiger partial charge is 0.106 e. The van der Waals surface area contributed by atoms with Gasteiger partial charge in [0, 0.05) is 17.8 Å². The van der Waals surface area contributed by atoms with Gasteiger partial charge < -0.3 is 0 Å². The third-order valence-corrected chi connectivity index (χ3v) is 6.91. The number of hydrogen-bond donors (Lipinski definition) is 0. The van der Waals surface area contributed by atoms with Crippen LogP contribution in [0.5, 0.6) is 0 Å². The van der Waals surface area contributed by atoms with Crippen LogP contribution < -0.4 is 0 Å². The van der Waals surface area contributed by atoms with E-state index in [1.807, 2.05) is 12.4 Å². The summed E-state index contributed by atoms with van der Waals surface area (Å²) in [6.45, 7) is 0. The molecule has 2 nitrogen and oxygen atoms in total. The molecule has 0 aliphatic heterocycles. The van der Waals surface area contributed by atoms with E-state index in [-0.39, 0.29) is 5.41 Å². The van der Waals surface area contributed by atoms with Crippen LogP contribution in [0, 0.1) is 0 Å². The molecule has 0 spiro atoms. The standard InChI is InChI=1S/C26H20Br2N2/c27-24-13-18(9-11-29-24)16-26(17-19-10-12-30-25(28)14-19)22-7-3-1-5-20(22)15-21-6-2-4-8-23(21)26/h1-14H,15-17H2. The van der Waals surface area contributed by atoms with Gasteiger partial charge in [0.15, 0.2) is 0 Å². The third kappa shape index (κ3) is 3.63. The van der Waals surface area contributed by atoms with Crippen molar-refractivity contribution in [3.8, 4) is 0 Å². The zero-order valence-electron chi connectivity index (χ0n) is 16.4. The number of rotatable bonds is 4. The number of pyridine rings is 2. The zero-order chi connectivity index (χ0) is 20.6. The molecule has 0 saturated heterocycles. The first-order valence-electron chi connectivity index (χ1n) is 10.0. The lowest BCUT2D eigenvalue weighted by atomic mass is 9.61. The van der Waals surface area contributed by atoms with Gasteiger partial charge in [-0.3, -0.25) is 0 Å². The molecular weight excluding hydrogens is 500 g/mol. The van der Waals surface area contributed by atoms with Crippen molar-refractivity contribution >= 4 is 31.9 Å². The maximum Gasteiger partial charge on any atom is 0.106 e. The van der Waals surface area contributed by atoms with Crippen LogP contribution in [0.15, 0.2) is 94.4 Å². The minimum absolute atomic E-state index is 0.160. The molecule has 0 atom stereocenters. The topological polar surface area (TPSA) is 25.8 Å². The van der Waals surface area contributed by atoms with Gasteiger partial charge in [0.05, 0.1) is 0 Å². The molecule has 30 heavy (non-hydrogen) atoms. The van der Waals surface area contributed by atoms with Crippen molar-refractivity contribution in [2.75, 3.05) is 0 Å². The predicted molar refractivity (Wildman–Crippen MR) is 128 cm³/mol. The Hall–Kier alpha value is -2.30. The highest BCUT2D eigenvalue weighted by molar-refractivity contribution is 9.10. The van der Waals surface area contributed by atoms with Crippen LogP contribution in [0.2, 0.25) is 0 Å². The molecule has 4 aromatic rings. The average Bonchev–Trinajstić information content (AvgIpc) is 2.74. The second-order valence-corrected chi connectivity index (χ2v) is 9.53. The van der Waals surface area contributed by atoms with Gasteiger partial charge in [0.25, 0.3) is 0 Å². The molecule has 2 aromatic carbocycles. The van der Waals surface area contributed by atoms with E-state index in [1.54, 1.807) is 0 Å². The van der Waals surface area contributed by atoms with Gasteiger partial charge in [-0.1, -0.05) is 48.5 Å². The predicted octanol–water partition coefficient (Wildman–Crippen LogP) is 6.68. The van der Waals surface area contributed by atoms with Gasteiger partial charge in [0.1, 0.15) is 9.21 Å². The summed E-state index contributed by atoms with van der Waals surface area (Å²) >= 11 is 7.12. The van der Waals surface area contributed by atoms with Crippen LogP contribution in [0.4, 0.5) is 0 Å². The van der Waals surface area contributed by atoms with Crippen LogP contribution in [0.1, 0.15) is 33.4 Å². The number of halogens is 2. The quantitative estimate of drug-likeness (QED) is 0.281. The van der Waals surface area contributed by atoms with Crippen molar-refractivity contribution in [2.24, 2.45) is 0 Å². The largest absolute Gasteiger partial charge is 0.249 e. The fourth-order valence-corrected chi connectivity index (χ4v) is 5.70. The van der Waals surface area contributed by atoms with Crippen molar-refractivity contribution in [1.82, 2.24) is 9.97 Å². The first kappa shape index (κ1) is 19.7. The van der Waals surface area contributed by atoms with Gasteiger partial charge in [-0.05, 0) is 109 Å². The third-order valence-electron chi connectivity index (χ3n) is 6.04. The molecule has 0 saturated carbocycles. The monoisotopic (exact) mass is 518 g/mol. The molecule has 1 aliphatic carbocycles. The summed E-state index contributed by atoms with van der Waals surface area (Å²) < 4.78 is 1.75. The van der Waals surface area contributed by atoms with Crippen molar-refractivity contribution in [1.29, 1.82) is 0 Å². The fraction of sp³-hybridized carbons (Fsp3) is 0.154. The Balaban J connectivity index is 1.75. The minimum atomic E-state index is -0.160. The van der Waals surface area contributed by atoms with Crippen LogP contribution in [-0.4, -0.2) is 9.97 Å². The molecule has 0 amide bonds. The van der Waals surface area contributed by atoms with E-state index in [4.69, 9.17) is 0 Å². The Morgan fingerprint density at radius 1 is 0.667 bits per heavy atom. The zero-order valence-corrected chi connectivity index (χ0v) is 19.5. The highest BCUT2D eigenvalue weighted by Crippen LogP contribution is 2.46. The molecule has 0 fully saturated rings. The number of benzene rings is 2. The molecule has 1 aliphatic rings. The van der Waals surface area contributed by atoms with Crippen LogP contribution >= 0.6 is 31.9 Å². The number of nitrogens with zero attached hydrogens (tertiary/aromatic N) is 2. The molecule has 0 radical (unpaired) electrons. The Morgan fingerprint density at radius 2 is 1.13 bits per heavy atom. The van der Waals surface area contributed by atoms with Crippen molar-refractivity contribution in [3.05, 3.63) is 128 Å². The summed E-state index contributed by atoms with van der Waals surface area (Å²) in [4.78, 5) is 8.68. The van der Waals surface area contributed by atoms with Crippen LogP contribution in [0.25, 0.3) is 0 Å². The number of aromatic nitrogens is 2. The van der Waals surface area contributed by atoms with Crippen molar-refractivity contribution in [2.45, 2.75) is 24.7 Å². The van der Waals surface area contributed by atoms with E-state index in [2.05, 4.69) is 115 Å². The summed E-state index contributed by atoms with van der Waals surface area (Å²) in [6, 6.07) is 26.4. The minimum Gasteiger partial charge on any atom is -0.249 e. The lowest BCUT2D eigenvalue weighted by Crippen LogP contribution is -2.38. The molecule has 2 aromatic heterocycles. The molecule has 148 valence electrons. The van der Waals surface area contributed by atoms with Gasteiger partial charge in [-0.25, -0.2) is 9.97 Å². The van der Waals surface area contributed by atoms with E-state index >= 15 is 0 Å². The van der Waals surface area contributed by atoms with E-state index in [9.17, 15) is 0 Å². The maximum atomic E-state index is 4.34. The number of hydrogen-bond acceptors (Lipinski definition) is 2. The van der Waals surface area contributed by atoms with E-state index in [0.717, 1.165) is 28.5 Å². The Morgan fingerprint density at radius 3 is 1.60 bits per heavy atom. The second kappa shape index (κ2) is 8.09. The molecule has 5 rings (SSSR count). The molecular formula is C26H20Br2N2. The normalized spacial score (nSPS) is 14.1. The lowest BCUT2D eigenvalue weighted by Gasteiger charge is -2.42. The van der Waals surface area contributed by atoms with Crippen LogP contribution in [-0.2, 0) is 24.7 Å². The van der Waals surface area contributed by atoms with Gasteiger partial charge in [0.2, 0.25) is 0 Å². The molecule has 2 heterocycles. The Kier molecular flexibility index (Phi) is 5.30. The lowest BCUT2D eigenvalue weighted by molar-refractivity contribution is 0.488. The summed E-state index contributed by atoms with van der Waals surface area (Å²) in [6.07, 6.45) is 6.56. The van der Waals surface area contributed by atoms with Gasteiger partial charge in [-0.15, -0.1) is 0 Å². The fourth-order valence-electron chi connectivity index (χ4n) is 4.88. The number of fused-ring (bicyclic) bond motifs is 2. The first-order chi connectivity index (χ1) is 14.6. The molecule has 0 unspecified atom stereocenters. The Labute approximate surface area is 193 Å². The maximum absolute atomic E-state index is 4.34. The summed E-state index contributed by atoms with van der Waals surface area (Å²) in [5.74, 6) is 0. The van der Waals surface area contributed by atoms with Gasteiger partial charge >= 0.3 is 0 Å². The summed E-state index contributed by atoms with van der Waals surface area (Å²) in [5.41, 5.74) is 8.06. The van der Waals surface area contributed by atoms with Gasteiger partial charge in [-0.2, -0.15) is 0 Å². The summed E-state index contributed by atoms with van der Waals surface area (Å²) in [5, 5.41) is 0. The van der Waals surface area contributed by atoms with E-state index < -0.39 is 0 Å². The highest BCUT2D eigenvalue weighted by atomic mass is 79.9. The highest BCUT2D eigenvalue weighted by Gasteiger charge is 2.40.